The van der Waals surface area contributed by atoms with E-state index in [2.05, 4.69) is 51.5 Å². The first kappa shape index (κ1) is 24.3. The lowest BCUT2D eigenvalue weighted by Crippen LogP contribution is -2.37. The predicted molar refractivity (Wildman–Crippen MR) is 136 cm³/mol. The summed E-state index contributed by atoms with van der Waals surface area (Å²) < 4.78 is 10.0. The number of anilines is 3. The van der Waals surface area contributed by atoms with Crippen LogP contribution in [-0.4, -0.2) is 43.8 Å². The Morgan fingerprint density at radius 2 is 1.89 bits per heavy atom. The molecule has 3 aromatic rings. The fourth-order valence-corrected chi connectivity index (χ4v) is 4.48. The minimum Gasteiger partial charge on any atom is -0.469 e. The van der Waals surface area contributed by atoms with Crippen molar-refractivity contribution in [3.8, 4) is 0 Å². The second kappa shape index (κ2) is 11.1. The molecule has 35 heavy (non-hydrogen) atoms. The number of esters is 1. The minimum absolute atomic E-state index is 0.0874. The highest BCUT2D eigenvalue weighted by molar-refractivity contribution is 6.04. The van der Waals surface area contributed by atoms with Crippen LogP contribution in [0.4, 0.5) is 17.1 Å². The number of nitrogens with one attached hydrogen (secondary N) is 1. The number of carbonyl (C=O) groups is 2. The number of aryl methyl sites for hydroxylation is 1. The first-order valence-corrected chi connectivity index (χ1v) is 12.0. The molecule has 4 rings (SSSR count). The molecular weight excluding hydrogens is 444 g/mol. The number of hydrogen-bond donors (Lipinski definition) is 1. The van der Waals surface area contributed by atoms with Crippen molar-refractivity contribution in [3.05, 3.63) is 71.6 Å². The molecule has 0 unspecified atom stereocenters. The maximum Gasteiger partial charge on any atom is 0.308 e. The highest BCUT2D eigenvalue weighted by Gasteiger charge is 2.27. The number of benzene rings is 2. The SMILES string of the molecule is CCN(Cc1ccc(N2CCC(C(=O)OC)CC2)c(NC(=O)c2cc(C)on2)c1)c1ccccc1. The Morgan fingerprint density at radius 3 is 2.51 bits per heavy atom. The molecule has 8 heteroatoms. The average Bonchev–Trinajstić information content (AvgIpc) is 3.34. The Kier molecular flexibility index (Phi) is 7.70. The van der Waals surface area contributed by atoms with E-state index in [1.54, 1.807) is 13.0 Å². The van der Waals surface area contributed by atoms with Crippen molar-refractivity contribution in [2.45, 2.75) is 33.2 Å². The summed E-state index contributed by atoms with van der Waals surface area (Å²) in [6, 6.07) is 18.1. The summed E-state index contributed by atoms with van der Waals surface area (Å²) in [5.41, 5.74) is 4.10. The topological polar surface area (TPSA) is 87.9 Å². The van der Waals surface area contributed by atoms with Gasteiger partial charge in [0.15, 0.2) is 5.69 Å². The number of hydrogen-bond acceptors (Lipinski definition) is 7. The van der Waals surface area contributed by atoms with Crippen LogP contribution in [0.5, 0.6) is 0 Å². The molecule has 1 N–H and O–H groups in total. The van der Waals surface area contributed by atoms with Crippen molar-refractivity contribution in [3.63, 3.8) is 0 Å². The molecule has 0 atom stereocenters. The molecule has 0 spiro atoms. The average molecular weight is 477 g/mol. The van der Waals surface area contributed by atoms with Gasteiger partial charge in [0.05, 0.1) is 24.4 Å². The normalized spacial score (nSPS) is 14.0. The highest BCUT2D eigenvalue weighted by Crippen LogP contribution is 2.32. The lowest BCUT2D eigenvalue weighted by Gasteiger charge is -2.34. The molecule has 2 heterocycles. The van der Waals surface area contributed by atoms with Crippen LogP contribution < -0.4 is 15.1 Å². The summed E-state index contributed by atoms with van der Waals surface area (Å²) in [5, 5.41) is 6.90. The summed E-state index contributed by atoms with van der Waals surface area (Å²) in [6.07, 6.45) is 1.42. The predicted octanol–water partition coefficient (Wildman–Crippen LogP) is 4.65. The third kappa shape index (κ3) is 5.82. The van der Waals surface area contributed by atoms with Gasteiger partial charge < -0.3 is 24.4 Å². The van der Waals surface area contributed by atoms with Gasteiger partial charge in [-0.15, -0.1) is 0 Å². The molecule has 0 aliphatic carbocycles. The third-order valence-corrected chi connectivity index (χ3v) is 6.42. The number of carbonyl (C=O) groups excluding carboxylic acids is 2. The Bertz CT molecular complexity index is 1150. The van der Waals surface area contributed by atoms with Crippen LogP contribution in [-0.2, 0) is 16.1 Å². The summed E-state index contributed by atoms with van der Waals surface area (Å²) in [4.78, 5) is 29.4. The Balaban J connectivity index is 1.59. The second-order valence-corrected chi connectivity index (χ2v) is 8.76. The van der Waals surface area contributed by atoms with Gasteiger partial charge >= 0.3 is 5.97 Å². The van der Waals surface area contributed by atoms with Gasteiger partial charge in [0.1, 0.15) is 5.76 Å². The smallest absolute Gasteiger partial charge is 0.308 e. The van der Waals surface area contributed by atoms with E-state index in [1.165, 1.54) is 7.11 Å². The molecule has 1 aromatic heterocycles. The van der Waals surface area contributed by atoms with Crippen LogP contribution in [0.1, 0.15) is 41.6 Å². The summed E-state index contributed by atoms with van der Waals surface area (Å²) in [6.45, 7) is 6.85. The second-order valence-electron chi connectivity index (χ2n) is 8.76. The molecule has 0 radical (unpaired) electrons. The summed E-state index contributed by atoms with van der Waals surface area (Å²) in [7, 11) is 1.43. The fraction of sp³-hybridized carbons (Fsp3) is 0.370. The van der Waals surface area contributed by atoms with Crippen LogP contribution in [0.25, 0.3) is 0 Å². The minimum atomic E-state index is -0.319. The lowest BCUT2D eigenvalue weighted by atomic mass is 9.96. The first-order valence-electron chi connectivity index (χ1n) is 12.0. The Morgan fingerprint density at radius 1 is 1.14 bits per heavy atom. The van der Waals surface area contributed by atoms with Crippen LogP contribution >= 0.6 is 0 Å². The zero-order valence-corrected chi connectivity index (χ0v) is 20.5. The van der Waals surface area contributed by atoms with Crippen molar-refractivity contribution >= 4 is 28.9 Å². The number of amides is 1. The van der Waals surface area contributed by atoms with Crippen LogP contribution in [0.15, 0.2) is 59.1 Å². The molecule has 1 fully saturated rings. The van der Waals surface area contributed by atoms with Crippen molar-refractivity contribution in [1.82, 2.24) is 5.16 Å². The molecule has 0 bridgehead atoms. The van der Waals surface area contributed by atoms with Gasteiger partial charge in [-0.1, -0.05) is 29.4 Å². The van der Waals surface area contributed by atoms with Crippen LogP contribution in [0.3, 0.4) is 0 Å². The Hall–Kier alpha value is -3.81. The number of piperidine rings is 1. The number of nitrogens with zero attached hydrogens (tertiary/aromatic N) is 3. The van der Waals surface area contributed by atoms with E-state index in [0.717, 1.165) is 23.5 Å². The van der Waals surface area contributed by atoms with E-state index in [1.807, 2.05) is 24.3 Å². The van der Waals surface area contributed by atoms with E-state index in [-0.39, 0.29) is 23.5 Å². The monoisotopic (exact) mass is 476 g/mol. The van der Waals surface area contributed by atoms with Crippen LogP contribution in [0.2, 0.25) is 0 Å². The highest BCUT2D eigenvalue weighted by atomic mass is 16.5. The van der Waals surface area contributed by atoms with E-state index >= 15 is 0 Å². The zero-order valence-electron chi connectivity index (χ0n) is 20.5. The largest absolute Gasteiger partial charge is 0.469 e. The molecule has 0 saturated carbocycles. The van der Waals surface area contributed by atoms with Crippen molar-refractivity contribution in [2.24, 2.45) is 5.92 Å². The summed E-state index contributed by atoms with van der Waals surface area (Å²) in [5.74, 6) is 0.0155. The van der Waals surface area contributed by atoms with Gasteiger partial charge in [-0.05, 0) is 56.5 Å². The van der Waals surface area contributed by atoms with Crippen LogP contribution in [0, 0.1) is 12.8 Å². The molecule has 2 aromatic carbocycles. The Labute approximate surface area is 205 Å². The number of methoxy groups -OCH3 is 1. The van der Waals surface area contributed by atoms with Gasteiger partial charge in [0.25, 0.3) is 5.91 Å². The van der Waals surface area contributed by atoms with Crippen molar-refractivity contribution < 1.29 is 18.8 Å². The zero-order chi connectivity index (χ0) is 24.8. The number of aromatic nitrogens is 1. The van der Waals surface area contributed by atoms with Crippen molar-refractivity contribution in [1.29, 1.82) is 0 Å². The number of ether oxygens (including phenoxy) is 1. The molecule has 1 aliphatic heterocycles. The third-order valence-electron chi connectivity index (χ3n) is 6.42. The van der Waals surface area contributed by atoms with Gasteiger partial charge in [0, 0.05) is 37.9 Å². The molecule has 1 saturated heterocycles. The number of para-hydroxylation sites is 1. The van der Waals surface area contributed by atoms with E-state index in [9.17, 15) is 9.59 Å². The van der Waals surface area contributed by atoms with Gasteiger partial charge in [-0.25, -0.2) is 0 Å². The summed E-state index contributed by atoms with van der Waals surface area (Å²) >= 11 is 0. The van der Waals surface area contributed by atoms with Gasteiger partial charge in [0.2, 0.25) is 0 Å². The number of rotatable bonds is 8. The van der Waals surface area contributed by atoms with E-state index in [4.69, 9.17) is 9.26 Å². The fourth-order valence-electron chi connectivity index (χ4n) is 4.48. The quantitative estimate of drug-likeness (QED) is 0.474. The lowest BCUT2D eigenvalue weighted by molar-refractivity contribution is -0.146. The van der Waals surface area contributed by atoms with Gasteiger partial charge in [-0.3, -0.25) is 9.59 Å². The van der Waals surface area contributed by atoms with E-state index < -0.39 is 0 Å². The maximum absolute atomic E-state index is 12.9. The molecular formula is C27H32N4O4. The van der Waals surface area contributed by atoms with Gasteiger partial charge in [-0.2, -0.15) is 0 Å². The molecule has 184 valence electrons. The standard InChI is InChI=1S/C27H32N4O4/c1-4-30(22-8-6-5-7-9-22)18-20-10-11-25(31-14-12-21(13-15-31)27(33)34-3)23(17-20)28-26(32)24-16-19(2)35-29-24/h5-11,16-17,21H,4,12-15,18H2,1-3H3,(H,28,32). The molecule has 8 nitrogen and oxygen atoms in total. The first-order chi connectivity index (χ1) is 17.0. The molecule has 1 aliphatic rings. The van der Waals surface area contributed by atoms with Crippen molar-refractivity contribution in [2.75, 3.05) is 41.9 Å². The molecule has 1 amide bonds. The van der Waals surface area contributed by atoms with E-state index in [0.29, 0.717) is 43.9 Å². The maximum atomic E-state index is 12.9.